The number of anilines is 2. The van der Waals surface area contributed by atoms with Gasteiger partial charge in [-0.1, -0.05) is 30.3 Å². The molecule has 25 heavy (non-hydrogen) atoms. The third-order valence-corrected chi connectivity index (χ3v) is 4.28. The molecule has 5 nitrogen and oxygen atoms in total. The zero-order valence-electron chi connectivity index (χ0n) is 14.2. The van der Waals surface area contributed by atoms with E-state index in [1.165, 1.54) is 18.5 Å². The predicted molar refractivity (Wildman–Crippen MR) is 99.4 cm³/mol. The fraction of sp³-hybridized carbons (Fsp3) is 0.300. The first-order valence-corrected chi connectivity index (χ1v) is 8.66. The molecule has 3 rings (SSSR count). The average Bonchev–Trinajstić information content (AvgIpc) is 3.16. The van der Waals surface area contributed by atoms with Crippen molar-refractivity contribution in [3.05, 3.63) is 60.2 Å². The van der Waals surface area contributed by atoms with Crippen molar-refractivity contribution in [1.82, 2.24) is 5.32 Å². The van der Waals surface area contributed by atoms with Crippen LogP contribution in [0.25, 0.3) is 0 Å². The summed E-state index contributed by atoms with van der Waals surface area (Å²) in [6.07, 6.45) is 2.29. The third kappa shape index (κ3) is 5.08. The van der Waals surface area contributed by atoms with E-state index in [0.29, 0.717) is 12.2 Å². The van der Waals surface area contributed by atoms with E-state index in [1.807, 2.05) is 54.6 Å². The number of nitrogens with one attached hydrogen (secondary N) is 2. The van der Waals surface area contributed by atoms with Crippen molar-refractivity contribution in [2.75, 3.05) is 23.3 Å². The lowest BCUT2D eigenvalue weighted by molar-refractivity contribution is -0.126. The van der Waals surface area contributed by atoms with Crippen LogP contribution in [-0.4, -0.2) is 24.9 Å². The summed E-state index contributed by atoms with van der Waals surface area (Å²) in [7, 11) is 0. The molecule has 1 heterocycles. The Balaban J connectivity index is 1.44. The standard InChI is InChI=1S/C20H23N3O2/c24-19(21-15-16-6-2-1-3-7-16)14-20(25)22-17-8-10-18(11-9-17)23-12-4-5-13-23/h1-3,6-11H,4-5,12-15H2,(H,21,24)(H,22,25). The molecule has 0 aliphatic carbocycles. The second kappa shape index (κ2) is 8.33. The number of hydrogen-bond acceptors (Lipinski definition) is 3. The monoisotopic (exact) mass is 337 g/mol. The summed E-state index contributed by atoms with van der Waals surface area (Å²) in [5.41, 5.74) is 2.90. The number of amides is 2. The highest BCUT2D eigenvalue weighted by molar-refractivity contribution is 6.03. The van der Waals surface area contributed by atoms with Crippen molar-refractivity contribution in [1.29, 1.82) is 0 Å². The fourth-order valence-electron chi connectivity index (χ4n) is 2.94. The minimum absolute atomic E-state index is 0.180. The van der Waals surface area contributed by atoms with Crippen LogP contribution in [0.2, 0.25) is 0 Å². The molecule has 2 N–H and O–H groups in total. The number of nitrogens with zero attached hydrogens (tertiary/aromatic N) is 1. The van der Waals surface area contributed by atoms with Gasteiger partial charge in [-0.15, -0.1) is 0 Å². The van der Waals surface area contributed by atoms with Gasteiger partial charge in [0.05, 0.1) is 0 Å². The largest absolute Gasteiger partial charge is 0.372 e. The number of benzene rings is 2. The number of hydrogen-bond donors (Lipinski definition) is 2. The van der Waals surface area contributed by atoms with E-state index in [1.54, 1.807) is 0 Å². The predicted octanol–water partition coefficient (Wildman–Crippen LogP) is 2.93. The Bertz CT molecular complexity index is 707. The van der Waals surface area contributed by atoms with Crippen molar-refractivity contribution in [3.8, 4) is 0 Å². The molecule has 0 saturated carbocycles. The summed E-state index contributed by atoms with van der Waals surface area (Å²) < 4.78 is 0. The zero-order valence-corrected chi connectivity index (χ0v) is 14.2. The molecule has 2 amide bonds. The molecule has 0 atom stereocenters. The van der Waals surface area contributed by atoms with E-state index in [4.69, 9.17) is 0 Å². The van der Waals surface area contributed by atoms with Crippen LogP contribution in [-0.2, 0) is 16.1 Å². The van der Waals surface area contributed by atoms with E-state index < -0.39 is 0 Å². The van der Waals surface area contributed by atoms with Gasteiger partial charge in [-0.05, 0) is 42.7 Å². The van der Waals surface area contributed by atoms with Crippen LogP contribution in [0.5, 0.6) is 0 Å². The van der Waals surface area contributed by atoms with E-state index in [0.717, 1.165) is 18.7 Å². The van der Waals surface area contributed by atoms with E-state index in [9.17, 15) is 9.59 Å². The lowest BCUT2D eigenvalue weighted by Gasteiger charge is -2.17. The lowest BCUT2D eigenvalue weighted by atomic mass is 10.2. The van der Waals surface area contributed by atoms with Gasteiger partial charge in [-0.2, -0.15) is 0 Å². The molecule has 130 valence electrons. The summed E-state index contributed by atoms with van der Waals surface area (Å²) in [4.78, 5) is 26.2. The van der Waals surface area contributed by atoms with Crippen molar-refractivity contribution in [3.63, 3.8) is 0 Å². The second-order valence-electron chi connectivity index (χ2n) is 6.23. The van der Waals surface area contributed by atoms with Gasteiger partial charge in [0.2, 0.25) is 11.8 Å². The molecule has 2 aromatic rings. The Hall–Kier alpha value is -2.82. The molecular weight excluding hydrogens is 314 g/mol. The molecule has 0 aromatic heterocycles. The molecule has 0 radical (unpaired) electrons. The van der Waals surface area contributed by atoms with Crippen LogP contribution in [0.3, 0.4) is 0 Å². The first-order chi connectivity index (χ1) is 12.2. The Morgan fingerprint density at radius 1 is 0.880 bits per heavy atom. The number of carbonyl (C=O) groups is 2. The molecule has 1 fully saturated rings. The average molecular weight is 337 g/mol. The topological polar surface area (TPSA) is 61.4 Å². The lowest BCUT2D eigenvalue weighted by Crippen LogP contribution is -2.27. The maximum Gasteiger partial charge on any atom is 0.233 e. The molecule has 1 aliphatic heterocycles. The Labute approximate surface area is 148 Å². The van der Waals surface area contributed by atoms with Gasteiger partial charge >= 0.3 is 0 Å². The number of carbonyl (C=O) groups excluding carboxylic acids is 2. The van der Waals surface area contributed by atoms with Crippen molar-refractivity contribution in [2.45, 2.75) is 25.8 Å². The molecule has 0 bridgehead atoms. The highest BCUT2D eigenvalue weighted by Gasteiger charge is 2.13. The molecule has 0 spiro atoms. The highest BCUT2D eigenvalue weighted by Crippen LogP contribution is 2.22. The van der Waals surface area contributed by atoms with E-state index >= 15 is 0 Å². The Morgan fingerprint density at radius 3 is 2.24 bits per heavy atom. The third-order valence-electron chi connectivity index (χ3n) is 4.28. The van der Waals surface area contributed by atoms with Crippen LogP contribution in [0.15, 0.2) is 54.6 Å². The highest BCUT2D eigenvalue weighted by atomic mass is 16.2. The maximum absolute atomic E-state index is 12.0. The summed E-state index contributed by atoms with van der Waals surface area (Å²) in [6, 6.07) is 17.4. The van der Waals surface area contributed by atoms with Gasteiger partial charge < -0.3 is 15.5 Å². The maximum atomic E-state index is 12.0. The van der Waals surface area contributed by atoms with Gasteiger partial charge in [-0.3, -0.25) is 9.59 Å². The minimum Gasteiger partial charge on any atom is -0.372 e. The number of rotatable bonds is 6. The van der Waals surface area contributed by atoms with Gasteiger partial charge in [0.1, 0.15) is 6.42 Å². The van der Waals surface area contributed by atoms with Gasteiger partial charge in [0.15, 0.2) is 0 Å². The Morgan fingerprint density at radius 2 is 1.56 bits per heavy atom. The van der Waals surface area contributed by atoms with E-state index in [-0.39, 0.29) is 18.2 Å². The van der Waals surface area contributed by atoms with Crippen LogP contribution in [0, 0.1) is 0 Å². The minimum atomic E-state index is -0.306. The van der Waals surface area contributed by atoms with Crippen molar-refractivity contribution < 1.29 is 9.59 Å². The fourth-order valence-corrected chi connectivity index (χ4v) is 2.94. The van der Waals surface area contributed by atoms with E-state index in [2.05, 4.69) is 15.5 Å². The first kappa shape index (κ1) is 17.0. The van der Waals surface area contributed by atoms with Gasteiger partial charge in [-0.25, -0.2) is 0 Å². The molecule has 1 aliphatic rings. The zero-order chi connectivity index (χ0) is 17.5. The quantitative estimate of drug-likeness (QED) is 0.797. The summed E-state index contributed by atoms with van der Waals surface area (Å²) >= 11 is 0. The van der Waals surface area contributed by atoms with Crippen molar-refractivity contribution in [2.24, 2.45) is 0 Å². The molecular formula is C20H23N3O2. The van der Waals surface area contributed by atoms with Crippen LogP contribution >= 0.6 is 0 Å². The summed E-state index contributed by atoms with van der Waals surface area (Å²) in [5.74, 6) is -0.588. The van der Waals surface area contributed by atoms with Crippen LogP contribution in [0.4, 0.5) is 11.4 Å². The first-order valence-electron chi connectivity index (χ1n) is 8.66. The van der Waals surface area contributed by atoms with Crippen LogP contribution < -0.4 is 15.5 Å². The second-order valence-corrected chi connectivity index (χ2v) is 6.23. The summed E-state index contributed by atoms with van der Waals surface area (Å²) in [6.45, 7) is 2.61. The molecule has 5 heteroatoms. The van der Waals surface area contributed by atoms with Crippen molar-refractivity contribution >= 4 is 23.2 Å². The summed E-state index contributed by atoms with van der Waals surface area (Å²) in [5, 5.41) is 5.53. The molecule has 0 unspecified atom stereocenters. The SMILES string of the molecule is O=C(CC(=O)Nc1ccc(N2CCCC2)cc1)NCc1ccccc1. The van der Waals surface area contributed by atoms with Gasteiger partial charge in [0, 0.05) is 31.0 Å². The normalized spacial score (nSPS) is 13.5. The molecule has 1 saturated heterocycles. The van der Waals surface area contributed by atoms with Crippen LogP contribution in [0.1, 0.15) is 24.8 Å². The Kier molecular flexibility index (Phi) is 5.67. The molecule has 2 aromatic carbocycles. The van der Waals surface area contributed by atoms with Gasteiger partial charge in [0.25, 0.3) is 0 Å². The smallest absolute Gasteiger partial charge is 0.233 e.